The van der Waals surface area contributed by atoms with Gasteiger partial charge in [-0.3, -0.25) is 0 Å². The molecule has 0 heterocycles. The van der Waals surface area contributed by atoms with E-state index in [1.54, 1.807) is 18.2 Å². The Labute approximate surface area is 103 Å². The molecule has 1 rings (SSSR count). The van der Waals surface area contributed by atoms with E-state index >= 15 is 0 Å². The van der Waals surface area contributed by atoms with Crippen LogP contribution in [0.3, 0.4) is 0 Å². The molecule has 0 aliphatic heterocycles. The fourth-order valence-electron chi connectivity index (χ4n) is 1.37. The van der Waals surface area contributed by atoms with Crippen LogP contribution in [0.4, 0.5) is 18.9 Å². The number of ether oxygens (including phenoxy) is 1. The van der Waals surface area contributed by atoms with Crippen molar-refractivity contribution in [3.8, 4) is 11.8 Å². The second-order valence-electron chi connectivity index (χ2n) is 3.76. The van der Waals surface area contributed by atoms with E-state index in [9.17, 15) is 13.2 Å². The first kappa shape index (κ1) is 14.2. The molecule has 3 nitrogen and oxygen atoms in total. The Bertz CT molecular complexity index is 438. The van der Waals surface area contributed by atoms with Crippen LogP contribution in [0.25, 0.3) is 0 Å². The standard InChI is InChI=1S/C12H13F3N2O/c13-12(14,15)5-1-7-18-10-2-3-11(17)9(8-10)4-6-16/h2-3,8H,1,4-5,7,17H2. The maximum Gasteiger partial charge on any atom is 0.389 e. The summed E-state index contributed by atoms with van der Waals surface area (Å²) in [6.45, 7) is -0.0184. The Morgan fingerprint density at radius 3 is 2.67 bits per heavy atom. The molecule has 0 radical (unpaired) electrons. The molecule has 0 fully saturated rings. The lowest BCUT2D eigenvalue weighted by atomic mass is 10.1. The van der Waals surface area contributed by atoms with Crippen molar-refractivity contribution < 1.29 is 17.9 Å². The van der Waals surface area contributed by atoms with Gasteiger partial charge in [-0.05, 0) is 30.2 Å². The molecule has 0 aliphatic rings. The molecule has 0 atom stereocenters. The zero-order chi connectivity index (χ0) is 13.6. The van der Waals surface area contributed by atoms with Crippen LogP contribution >= 0.6 is 0 Å². The van der Waals surface area contributed by atoms with E-state index in [4.69, 9.17) is 15.7 Å². The number of anilines is 1. The summed E-state index contributed by atoms with van der Waals surface area (Å²) < 4.78 is 40.9. The Morgan fingerprint density at radius 1 is 1.33 bits per heavy atom. The molecule has 18 heavy (non-hydrogen) atoms. The largest absolute Gasteiger partial charge is 0.494 e. The van der Waals surface area contributed by atoms with Gasteiger partial charge in [0.25, 0.3) is 0 Å². The summed E-state index contributed by atoms with van der Waals surface area (Å²) >= 11 is 0. The number of nitriles is 1. The molecular weight excluding hydrogens is 245 g/mol. The van der Waals surface area contributed by atoms with Crippen LogP contribution in [-0.2, 0) is 6.42 Å². The average molecular weight is 258 g/mol. The van der Waals surface area contributed by atoms with Crippen LogP contribution in [0.5, 0.6) is 5.75 Å². The van der Waals surface area contributed by atoms with Crippen molar-refractivity contribution in [2.45, 2.75) is 25.4 Å². The average Bonchev–Trinajstić information content (AvgIpc) is 2.28. The molecule has 6 heteroatoms. The first-order chi connectivity index (χ1) is 8.42. The van der Waals surface area contributed by atoms with Crippen LogP contribution in [0.1, 0.15) is 18.4 Å². The third kappa shape index (κ3) is 4.95. The second kappa shape index (κ2) is 6.15. The van der Waals surface area contributed by atoms with Gasteiger partial charge in [-0.1, -0.05) is 0 Å². The first-order valence-electron chi connectivity index (χ1n) is 5.37. The van der Waals surface area contributed by atoms with Crippen LogP contribution in [0, 0.1) is 11.3 Å². The monoisotopic (exact) mass is 258 g/mol. The summed E-state index contributed by atoms with van der Waals surface area (Å²) in [4.78, 5) is 0. The third-order valence-corrected chi connectivity index (χ3v) is 2.26. The Kier molecular flexibility index (Phi) is 4.84. The van der Waals surface area contributed by atoms with Crippen molar-refractivity contribution in [3.05, 3.63) is 23.8 Å². The maximum absolute atomic E-state index is 11.9. The van der Waals surface area contributed by atoms with Crippen molar-refractivity contribution >= 4 is 5.69 Å². The minimum Gasteiger partial charge on any atom is -0.494 e. The van der Waals surface area contributed by atoms with Crippen LogP contribution in [-0.4, -0.2) is 12.8 Å². The van der Waals surface area contributed by atoms with Crippen molar-refractivity contribution in [1.82, 2.24) is 0 Å². The lowest BCUT2D eigenvalue weighted by molar-refractivity contribution is -0.136. The summed E-state index contributed by atoms with van der Waals surface area (Å²) in [5.74, 6) is 0.427. The van der Waals surface area contributed by atoms with Gasteiger partial charge in [0.05, 0.1) is 19.1 Å². The fraction of sp³-hybridized carbons (Fsp3) is 0.417. The van der Waals surface area contributed by atoms with Crippen LogP contribution < -0.4 is 10.5 Å². The molecule has 0 bridgehead atoms. The topological polar surface area (TPSA) is 59.0 Å². The number of alkyl halides is 3. The fourth-order valence-corrected chi connectivity index (χ4v) is 1.37. The molecular formula is C12H13F3N2O. The number of halogens is 3. The van der Waals surface area contributed by atoms with Gasteiger partial charge >= 0.3 is 6.18 Å². The molecule has 0 unspecified atom stereocenters. The van der Waals surface area contributed by atoms with Crippen molar-refractivity contribution in [2.24, 2.45) is 0 Å². The molecule has 0 amide bonds. The lowest BCUT2D eigenvalue weighted by Gasteiger charge is -2.10. The zero-order valence-corrected chi connectivity index (χ0v) is 9.63. The maximum atomic E-state index is 11.9. The van der Waals surface area contributed by atoms with E-state index in [1.165, 1.54) is 0 Å². The number of rotatable bonds is 5. The quantitative estimate of drug-likeness (QED) is 0.652. The van der Waals surface area contributed by atoms with Gasteiger partial charge in [0.2, 0.25) is 0 Å². The van der Waals surface area contributed by atoms with Crippen molar-refractivity contribution in [3.63, 3.8) is 0 Å². The van der Waals surface area contributed by atoms with E-state index < -0.39 is 12.6 Å². The Morgan fingerprint density at radius 2 is 2.06 bits per heavy atom. The normalized spacial score (nSPS) is 11.0. The SMILES string of the molecule is N#CCc1cc(OCCCC(F)(F)F)ccc1N. The van der Waals surface area contributed by atoms with Gasteiger partial charge < -0.3 is 10.5 Å². The molecule has 1 aromatic rings. The Hall–Kier alpha value is -1.90. The number of nitrogens with two attached hydrogens (primary N) is 1. The molecule has 0 aliphatic carbocycles. The number of hydrogen-bond donors (Lipinski definition) is 1. The predicted octanol–water partition coefficient (Wildman–Crippen LogP) is 3.06. The highest BCUT2D eigenvalue weighted by Gasteiger charge is 2.26. The van der Waals surface area contributed by atoms with E-state index in [2.05, 4.69) is 0 Å². The molecule has 2 N–H and O–H groups in total. The smallest absolute Gasteiger partial charge is 0.389 e. The summed E-state index contributed by atoms with van der Waals surface area (Å²) in [5.41, 5.74) is 6.72. The molecule has 0 aromatic heterocycles. The zero-order valence-electron chi connectivity index (χ0n) is 9.63. The highest BCUT2D eigenvalue weighted by Crippen LogP contribution is 2.23. The first-order valence-corrected chi connectivity index (χ1v) is 5.37. The Balaban J connectivity index is 2.48. The number of nitrogens with zero attached hydrogens (tertiary/aromatic N) is 1. The summed E-state index contributed by atoms with van der Waals surface area (Å²) in [5, 5.41) is 8.57. The molecule has 0 saturated carbocycles. The minimum atomic E-state index is -4.16. The number of hydrogen-bond acceptors (Lipinski definition) is 3. The highest BCUT2D eigenvalue weighted by molar-refractivity contribution is 5.51. The van der Waals surface area contributed by atoms with Crippen LogP contribution in [0.15, 0.2) is 18.2 Å². The van der Waals surface area contributed by atoms with Gasteiger partial charge in [-0.2, -0.15) is 18.4 Å². The van der Waals surface area contributed by atoms with E-state index in [1.807, 2.05) is 6.07 Å². The number of nitrogen functional groups attached to an aromatic ring is 1. The second-order valence-corrected chi connectivity index (χ2v) is 3.76. The van der Waals surface area contributed by atoms with E-state index in [0.29, 0.717) is 17.0 Å². The minimum absolute atomic E-state index is 0.0184. The van der Waals surface area contributed by atoms with E-state index in [-0.39, 0.29) is 19.4 Å². The van der Waals surface area contributed by atoms with Gasteiger partial charge in [-0.25, -0.2) is 0 Å². The van der Waals surface area contributed by atoms with Gasteiger partial charge in [0.15, 0.2) is 0 Å². The molecule has 0 saturated heterocycles. The third-order valence-electron chi connectivity index (χ3n) is 2.26. The summed E-state index contributed by atoms with van der Waals surface area (Å²) in [7, 11) is 0. The van der Waals surface area contributed by atoms with Crippen LogP contribution in [0.2, 0.25) is 0 Å². The predicted molar refractivity (Wildman–Crippen MR) is 61.0 cm³/mol. The van der Waals surface area contributed by atoms with Gasteiger partial charge in [0.1, 0.15) is 5.75 Å². The molecule has 0 spiro atoms. The lowest BCUT2D eigenvalue weighted by Crippen LogP contribution is -2.09. The molecule has 1 aromatic carbocycles. The van der Waals surface area contributed by atoms with E-state index in [0.717, 1.165) is 0 Å². The summed E-state index contributed by atoms with van der Waals surface area (Å²) in [6, 6.07) is 6.68. The summed E-state index contributed by atoms with van der Waals surface area (Å²) in [6.07, 6.45) is -4.98. The van der Waals surface area contributed by atoms with Gasteiger partial charge in [-0.15, -0.1) is 0 Å². The van der Waals surface area contributed by atoms with Gasteiger partial charge in [0, 0.05) is 12.1 Å². The van der Waals surface area contributed by atoms with Crippen molar-refractivity contribution in [2.75, 3.05) is 12.3 Å². The highest BCUT2D eigenvalue weighted by atomic mass is 19.4. The van der Waals surface area contributed by atoms with Crippen molar-refractivity contribution in [1.29, 1.82) is 5.26 Å². The number of benzene rings is 1. The molecule has 98 valence electrons.